The first-order valence-electron chi connectivity index (χ1n) is 7.30. The summed E-state index contributed by atoms with van der Waals surface area (Å²) < 4.78 is 13.4. The molecular formula is C16H16FN5O4. The molecule has 4 N–H and O–H groups in total. The van der Waals surface area contributed by atoms with Crippen LogP contribution in [0.1, 0.15) is 11.3 Å². The molecule has 26 heavy (non-hydrogen) atoms. The van der Waals surface area contributed by atoms with Crippen molar-refractivity contribution in [1.82, 2.24) is 10.0 Å². The lowest BCUT2D eigenvalue weighted by Crippen LogP contribution is -2.30. The predicted octanol–water partition coefficient (Wildman–Crippen LogP) is 2.53. The normalized spacial score (nSPS) is 11.0. The number of rotatable bonds is 6. The van der Waals surface area contributed by atoms with Crippen molar-refractivity contribution in [3.63, 3.8) is 0 Å². The third kappa shape index (κ3) is 5.24. The van der Waals surface area contributed by atoms with Crippen LogP contribution in [0.25, 0.3) is 0 Å². The highest BCUT2D eigenvalue weighted by Crippen LogP contribution is 2.10. The molecule has 1 aromatic heterocycles. The highest BCUT2D eigenvalue weighted by atomic mass is 19.1. The summed E-state index contributed by atoms with van der Waals surface area (Å²) in [5.41, 5.74) is 0.530. The fourth-order valence-corrected chi connectivity index (χ4v) is 1.92. The second-order valence-electron chi connectivity index (χ2n) is 5.04. The molecular weight excluding hydrogens is 345 g/mol. The molecule has 0 saturated heterocycles. The maximum atomic E-state index is 13.4. The Bertz CT molecular complexity index is 841. The Morgan fingerprint density at radius 3 is 2.77 bits per heavy atom. The number of oxime groups is 1. The number of nitrogens with one attached hydrogen (secondary N) is 2. The summed E-state index contributed by atoms with van der Waals surface area (Å²) in [6, 6.07) is 9.97. The average molecular weight is 361 g/mol. The van der Waals surface area contributed by atoms with Crippen LogP contribution in [0.5, 0.6) is 0 Å². The molecule has 9 nitrogen and oxygen atoms in total. The lowest BCUT2D eigenvalue weighted by atomic mass is 10.1. The molecule has 0 saturated carbocycles. The zero-order valence-electron chi connectivity index (χ0n) is 13.7. The quantitative estimate of drug-likeness (QED) is 0.355. The van der Waals surface area contributed by atoms with Gasteiger partial charge in [0.25, 0.3) is 0 Å². The summed E-state index contributed by atoms with van der Waals surface area (Å²) in [4.78, 5) is 19.8. The molecule has 1 aromatic carbocycles. The highest BCUT2D eigenvalue weighted by Gasteiger charge is 2.15. The number of nitrogens with zero attached hydrogens (tertiary/aromatic N) is 3. The third-order valence-electron chi connectivity index (χ3n) is 3.06. The minimum atomic E-state index is -1.25. The maximum Gasteiger partial charge on any atom is 0.410 e. The van der Waals surface area contributed by atoms with Crippen molar-refractivity contribution in [2.45, 2.75) is 6.61 Å². The second-order valence-corrected chi connectivity index (χ2v) is 5.04. The molecule has 1 heterocycles. The van der Waals surface area contributed by atoms with Gasteiger partial charge >= 0.3 is 6.09 Å². The number of aromatic nitrogens is 1. The van der Waals surface area contributed by atoms with Crippen molar-refractivity contribution in [3.05, 3.63) is 59.5 Å². The molecule has 2 rings (SSSR count). The Balaban J connectivity index is 2.18. The summed E-state index contributed by atoms with van der Waals surface area (Å²) in [5, 5.41) is 32.4. The molecule has 10 heteroatoms. The van der Waals surface area contributed by atoms with Gasteiger partial charge < -0.3 is 9.94 Å². The van der Waals surface area contributed by atoms with E-state index in [1.54, 1.807) is 12.1 Å². The number of amidine groups is 1. The van der Waals surface area contributed by atoms with Gasteiger partial charge in [0, 0.05) is 12.6 Å². The first-order chi connectivity index (χ1) is 12.4. The van der Waals surface area contributed by atoms with Gasteiger partial charge in [-0.25, -0.2) is 19.2 Å². The first kappa shape index (κ1) is 18.8. The minimum Gasteiger partial charge on any atom is -0.465 e. The number of hydroxylamine groups is 2. The van der Waals surface area contributed by atoms with Crippen LogP contribution >= 0.6 is 0 Å². The van der Waals surface area contributed by atoms with Crippen molar-refractivity contribution in [2.24, 2.45) is 5.16 Å². The number of halogens is 1. The van der Waals surface area contributed by atoms with Crippen LogP contribution in [0.3, 0.4) is 0 Å². The van der Waals surface area contributed by atoms with E-state index in [2.05, 4.69) is 15.5 Å². The van der Waals surface area contributed by atoms with Crippen molar-refractivity contribution in [1.29, 1.82) is 5.41 Å². The van der Waals surface area contributed by atoms with Gasteiger partial charge in [-0.05, 0) is 24.3 Å². The standard InChI is InChI=1S/C16H16FN5O4/c1-22(25)15(18)14(10-4-2-5-11(17)8-10)21-26-9-12-6-3-7-13(19-12)20-16(23)24/h2-8,18,25H,9H2,1H3,(H,19,20)(H,23,24)/b18-15?,21-14-. The maximum absolute atomic E-state index is 13.4. The molecule has 0 atom stereocenters. The number of pyridine rings is 1. The van der Waals surface area contributed by atoms with Gasteiger partial charge in [-0.2, -0.15) is 0 Å². The summed E-state index contributed by atoms with van der Waals surface area (Å²) in [7, 11) is 1.22. The number of benzene rings is 1. The van der Waals surface area contributed by atoms with E-state index in [-0.39, 0.29) is 23.7 Å². The van der Waals surface area contributed by atoms with Gasteiger partial charge in [-0.15, -0.1) is 0 Å². The molecule has 0 aliphatic heterocycles. The number of carbonyl (C=O) groups is 1. The Labute approximate surface area is 147 Å². The molecule has 0 fully saturated rings. The lowest BCUT2D eigenvalue weighted by molar-refractivity contribution is 0.0148. The van der Waals surface area contributed by atoms with Crippen molar-refractivity contribution in [3.8, 4) is 0 Å². The minimum absolute atomic E-state index is 0.0886. The Morgan fingerprint density at radius 1 is 1.38 bits per heavy atom. The summed E-state index contributed by atoms with van der Waals surface area (Å²) in [6.45, 7) is -0.129. The van der Waals surface area contributed by atoms with Crippen LogP contribution in [0.15, 0.2) is 47.6 Å². The molecule has 0 bridgehead atoms. The fraction of sp³-hybridized carbons (Fsp3) is 0.125. The predicted molar refractivity (Wildman–Crippen MR) is 90.9 cm³/mol. The number of carboxylic acid groups (broad SMARTS) is 1. The number of hydrogen-bond acceptors (Lipinski definition) is 6. The van der Waals surface area contributed by atoms with Crippen molar-refractivity contribution < 1.29 is 24.3 Å². The molecule has 0 aliphatic rings. The van der Waals surface area contributed by atoms with E-state index >= 15 is 0 Å². The smallest absolute Gasteiger partial charge is 0.410 e. The molecule has 2 aromatic rings. The Morgan fingerprint density at radius 2 is 2.12 bits per heavy atom. The largest absolute Gasteiger partial charge is 0.465 e. The molecule has 0 radical (unpaired) electrons. The summed E-state index contributed by atoms with van der Waals surface area (Å²) in [6.07, 6.45) is -1.25. The number of likely N-dealkylation sites (N-methyl/N-ethyl adjacent to an activating group) is 1. The first-order valence-corrected chi connectivity index (χ1v) is 7.30. The van der Waals surface area contributed by atoms with Gasteiger partial charge in [0.2, 0.25) is 0 Å². The Kier molecular flexibility index (Phi) is 6.17. The third-order valence-corrected chi connectivity index (χ3v) is 3.06. The van der Waals surface area contributed by atoms with Gasteiger partial charge in [-0.1, -0.05) is 23.4 Å². The monoisotopic (exact) mass is 361 g/mol. The topological polar surface area (TPSA) is 131 Å². The average Bonchev–Trinajstić information content (AvgIpc) is 2.58. The van der Waals surface area contributed by atoms with Gasteiger partial charge in [0.15, 0.2) is 18.2 Å². The number of amides is 1. The van der Waals surface area contributed by atoms with Crippen molar-refractivity contribution in [2.75, 3.05) is 12.4 Å². The van der Waals surface area contributed by atoms with Crippen LogP contribution in [-0.2, 0) is 11.4 Å². The number of anilines is 1. The lowest BCUT2D eigenvalue weighted by Gasteiger charge is -2.14. The molecule has 0 spiro atoms. The molecule has 136 valence electrons. The number of hydrogen-bond donors (Lipinski definition) is 4. The Hall–Kier alpha value is -3.53. The van der Waals surface area contributed by atoms with Crippen LogP contribution < -0.4 is 5.32 Å². The van der Waals surface area contributed by atoms with Crippen LogP contribution in [0.4, 0.5) is 15.0 Å². The molecule has 0 aliphatic carbocycles. The van der Waals surface area contributed by atoms with E-state index in [4.69, 9.17) is 15.4 Å². The van der Waals surface area contributed by atoms with Crippen molar-refractivity contribution >= 4 is 23.5 Å². The van der Waals surface area contributed by atoms with E-state index in [9.17, 15) is 14.4 Å². The van der Waals surface area contributed by atoms with E-state index in [0.29, 0.717) is 10.8 Å². The van der Waals surface area contributed by atoms with Gasteiger partial charge in [0.1, 0.15) is 11.6 Å². The van der Waals surface area contributed by atoms with Gasteiger partial charge in [0.05, 0.1) is 5.69 Å². The van der Waals surface area contributed by atoms with Crippen LogP contribution in [0.2, 0.25) is 0 Å². The highest BCUT2D eigenvalue weighted by molar-refractivity contribution is 6.45. The van der Waals surface area contributed by atoms with E-state index in [1.165, 1.54) is 31.3 Å². The van der Waals surface area contributed by atoms with Crippen LogP contribution in [0, 0.1) is 11.2 Å². The zero-order valence-corrected chi connectivity index (χ0v) is 13.7. The SMILES string of the molecule is CN(O)C(=N)/C(=N\OCc1cccc(NC(=O)O)n1)c1cccc(F)c1. The van der Waals surface area contributed by atoms with E-state index in [1.807, 2.05) is 0 Å². The summed E-state index contributed by atoms with van der Waals surface area (Å²) >= 11 is 0. The van der Waals surface area contributed by atoms with Crippen LogP contribution in [-0.4, -0.2) is 45.0 Å². The fourth-order valence-electron chi connectivity index (χ4n) is 1.92. The van der Waals surface area contributed by atoms with E-state index in [0.717, 1.165) is 6.07 Å². The van der Waals surface area contributed by atoms with Gasteiger partial charge in [-0.3, -0.25) is 15.9 Å². The zero-order chi connectivity index (χ0) is 19.1. The second kappa shape index (κ2) is 8.53. The molecule has 0 unspecified atom stereocenters. The molecule has 1 amide bonds. The van der Waals surface area contributed by atoms with E-state index < -0.39 is 17.7 Å². The summed E-state index contributed by atoms with van der Waals surface area (Å²) in [5.74, 6) is -0.807.